The van der Waals surface area contributed by atoms with E-state index in [-0.39, 0.29) is 18.6 Å². The maximum absolute atomic E-state index is 11.9. The molecule has 1 N–H and O–H groups in total. The topological polar surface area (TPSA) is 81.7 Å². The molecule has 1 aromatic carbocycles. The van der Waals surface area contributed by atoms with Crippen molar-refractivity contribution in [3.05, 3.63) is 24.3 Å². The van der Waals surface area contributed by atoms with Gasteiger partial charge >= 0.3 is 5.97 Å². The van der Waals surface area contributed by atoms with Crippen molar-refractivity contribution in [2.75, 3.05) is 12.4 Å². The lowest BCUT2D eigenvalue weighted by Crippen LogP contribution is -2.30. The van der Waals surface area contributed by atoms with Crippen LogP contribution in [0, 0.1) is 0 Å². The number of esters is 1. The van der Waals surface area contributed by atoms with Gasteiger partial charge in [-0.1, -0.05) is 12.1 Å². The Labute approximate surface area is 123 Å². The molecule has 0 aliphatic rings. The molecule has 0 spiro atoms. The summed E-state index contributed by atoms with van der Waals surface area (Å²) >= 11 is 0. The maximum atomic E-state index is 11.9. The van der Waals surface area contributed by atoms with Crippen LogP contribution in [-0.4, -0.2) is 30.9 Å². The zero-order valence-electron chi connectivity index (χ0n) is 12.3. The first kappa shape index (κ1) is 16.7. The van der Waals surface area contributed by atoms with E-state index in [0.717, 1.165) is 0 Å². The molecular formula is C15H19NO5. The van der Waals surface area contributed by atoms with E-state index in [4.69, 9.17) is 9.47 Å². The minimum absolute atomic E-state index is 0.0262. The van der Waals surface area contributed by atoms with E-state index in [0.29, 0.717) is 11.4 Å². The summed E-state index contributed by atoms with van der Waals surface area (Å²) in [5, 5.41) is 2.62. The second-order valence-electron chi connectivity index (χ2n) is 4.52. The number of rotatable bonds is 7. The molecule has 0 radical (unpaired) electrons. The van der Waals surface area contributed by atoms with Gasteiger partial charge in [-0.2, -0.15) is 0 Å². The minimum atomic E-state index is -0.950. The van der Waals surface area contributed by atoms with Gasteiger partial charge in [0.2, 0.25) is 0 Å². The number of amides is 1. The number of ketones is 1. The number of ether oxygens (including phenoxy) is 2. The maximum Gasteiger partial charge on any atom is 0.307 e. The number of anilines is 1. The van der Waals surface area contributed by atoms with E-state index in [2.05, 4.69) is 5.32 Å². The summed E-state index contributed by atoms with van der Waals surface area (Å²) in [6, 6.07) is 6.92. The average molecular weight is 293 g/mol. The van der Waals surface area contributed by atoms with E-state index in [9.17, 15) is 14.4 Å². The van der Waals surface area contributed by atoms with E-state index in [1.54, 1.807) is 24.3 Å². The van der Waals surface area contributed by atoms with E-state index in [1.165, 1.54) is 21.0 Å². The van der Waals surface area contributed by atoms with Crippen LogP contribution in [-0.2, 0) is 19.1 Å². The highest BCUT2D eigenvalue weighted by atomic mass is 16.5. The van der Waals surface area contributed by atoms with Crippen LogP contribution in [0.3, 0.4) is 0 Å². The van der Waals surface area contributed by atoms with Gasteiger partial charge in [0.05, 0.1) is 19.2 Å². The largest absolute Gasteiger partial charge is 0.495 e. The van der Waals surface area contributed by atoms with E-state index in [1.807, 2.05) is 0 Å². The third-order valence-corrected chi connectivity index (χ3v) is 2.72. The number of carbonyl (C=O) groups is 3. The summed E-state index contributed by atoms with van der Waals surface area (Å²) in [4.78, 5) is 34.2. The molecule has 0 saturated heterocycles. The van der Waals surface area contributed by atoms with Crippen LogP contribution >= 0.6 is 0 Å². The normalized spacial score (nSPS) is 11.4. The molecule has 114 valence electrons. The van der Waals surface area contributed by atoms with Crippen LogP contribution < -0.4 is 10.1 Å². The number of benzene rings is 1. The molecule has 0 aliphatic heterocycles. The van der Waals surface area contributed by atoms with Gasteiger partial charge in [-0.05, 0) is 26.0 Å². The van der Waals surface area contributed by atoms with Crippen molar-refractivity contribution in [1.82, 2.24) is 0 Å². The lowest BCUT2D eigenvalue weighted by atomic mass is 10.2. The standard InChI is InChI=1S/C15H19NO5/c1-10(17)8-9-14(18)21-11(2)15(19)16-12-6-4-5-7-13(12)20-3/h4-7,11H,8-9H2,1-3H3,(H,16,19)/t11-/m1/s1. The van der Waals surface area contributed by atoms with Crippen LogP contribution in [0.5, 0.6) is 5.75 Å². The monoisotopic (exact) mass is 293 g/mol. The van der Waals surface area contributed by atoms with Gasteiger partial charge < -0.3 is 19.6 Å². The summed E-state index contributed by atoms with van der Waals surface area (Å²) in [5.41, 5.74) is 0.497. The molecule has 1 aromatic rings. The summed E-state index contributed by atoms with van der Waals surface area (Å²) in [6.45, 7) is 2.86. The third-order valence-electron chi connectivity index (χ3n) is 2.72. The second-order valence-corrected chi connectivity index (χ2v) is 4.52. The number of Topliss-reactive ketones (excluding diaryl/α,β-unsaturated/α-hetero) is 1. The fourth-order valence-electron chi connectivity index (χ4n) is 1.57. The molecule has 0 unspecified atom stereocenters. The molecule has 0 bridgehead atoms. The van der Waals surface area contributed by atoms with Crippen LogP contribution in [0.15, 0.2) is 24.3 Å². The van der Waals surface area contributed by atoms with Crippen molar-refractivity contribution in [1.29, 1.82) is 0 Å². The molecule has 6 nitrogen and oxygen atoms in total. The quantitative estimate of drug-likeness (QED) is 0.777. The predicted molar refractivity (Wildman–Crippen MR) is 77.1 cm³/mol. The molecular weight excluding hydrogens is 274 g/mol. The van der Waals surface area contributed by atoms with Crippen molar-refractivity contribution in [2.45, 2.75) is 32.8 Å². The number of para-hydroxylation sites is 2. The van der Waals surface area contributed by atoms with Crippen LogP contribution in [0.2, 0.25) is 0 Å². The van der Waals surface area contributed by atoms with Crippen LogP contribution in [0.1, 0.15) is 26.7 Å². The highest BCUT2D eigenvalue weighted by molar-refractivity contribution is 5.96. The van der Waals surface area contributed by atoms with Crippen molar-refractivity contribution >= 4 is 23.3 Å². The van der Waals surface area contributed by atoms with Crippen LogP contribution in [0.4, 0.5) is 5.69 Å². The Balaban J connectivity index is 2.54. The van der Waals surface area contributed by atoms with Gasteiger partial charge in [0.1, 0.15) is 11.5 Å². The molecule has 0 saturated carbocycles. The lowest BCUT2D eigenvalue weighted by Gasteiger charge is -2.15. The van der Waals surface area contributed by atoms with Gasteiger partial charge in [-0.3, -0.25) is 9.59 Å². The minimum Gasteiger partial charge on any atom is -0.495 e. The van der Waals surface area contributed by atoms with Crippen molar-refractivity contribution in [3.8, 4) is 5.75 Å². The molecule has 1 rings (SSSR count). The number of methoxy groups -OCH3 is 1. The number of carbonyl (C=O) groups excluding carboxylic acids is 3. The molecule has 6 heteroatoms. The Kier molecular flexibility index (Phi) is 6.39. The van der Waals surface area contributed by atoms with Gasteiger partial charge in [0, 0.05) is 6.42 Å². The summed E-state index contributed by atoms with van der Waals surface area (Å²) in [7, 11) is 1.50. The first-order chi connectivity index (χ1) is 9.93. The first-order valence-electron chi connectivity index (χ1n) is 6.57. The molecule has 0 fully saturated rings. The van der Waals surface area contributed by atoms with E-state index < -0.39 is 18.0 Å². The van der Waals surface area contributed by atoms with Crippen molar-refractivity contribution < 1.29 is 23.9 Å². The van der Waals surface area contributed by atoms with Crippen LogP contribution in [0.25, 0.3) is 0 Å². The number of hydrogen-bond acceptors (Lipinski definition) is 5. The fourth-order valence-corrected chi connectivity index (χ4v) is 1.57. The first-order valence-corrected chi connectivity index (χ1v) is 6.57. The molecule has 1 amide bonds. The Morgan fingerprint density at radius 2 is 1.86 bits per heavy atom. The average Bonchev–Trinajstić information content (AvgIpc) is 2.45. The summed E-state index contributed by atoms with van der Waals surface area (Å²) in [6.07, 6.45) is -0.865. The molecule has 21 heavy (non-hydrogen) atoms. The Morgan fingerprint density at radius 3 is 2.48 bits per heavy atom. The Hall–Kier alpha value is -2.37. The predicted octanol–water partition coefficient (Wildman–Crippen LogP) is 1.93. The molecule has 1 atom stereocenters. The van der Waals surface area contributed by atoms with Gasteiger partial charge in [-0.15, -0.1) is 0 Å². The summed E-state index contributed by atoms with van der Waals surface area (Å²) < 4.78 is 10.1. The zero-order valence-corrected chi connectivity index (χ0v) is 12.3. The summed E-state index contributed by atoms with van der Waals surface area (Å²) in [5.74, 6) is -0.623. The highest BCUT2D eigenvalue weighted by Crippen LogP contribution is 2.23. The SMILES string of the molecule is COc1ccccc1NC(=O)[C@@H](C)OC(=O)CCC(C)=O. The number of hydrogen-bond donors (Lipinski definition) is 1. The fraction of sp³-hybridized carbons (Fsp3) is 0.400. The number of nitrogens with one attached hydrogen (secondary N) is 1. The Bertz CT molecular complexity index is 527. The van der Waals surface area contributed by atoms with E-state index >= 15 is 0 Å². The third kappa shape index (κ3) is 5.64. The van der Waals surface area contributed by atoms with Crippen molar-refractivity contribution in [2.24, 2.45) is 0 Å². The molecule has 0 heterocycles. The lowest BCUT2D eigenvalue weighted by molar-refractivity contribution is -0.153. The van der Waals surface area contributed by atoms with Crippen molar-refractivity contribution in [3.63, 3.8) is 0 Å². The van der Waals surface area contributed by atoms with Gasteiger partial charge in [0.15, 0.2) is 6.10 Å². The molecule has 0 aliphatic carbocycles. The zero-order chi connectivity index (χ0) is 15.8. The smallest absolute Gasteiger partial charge is 0.307 e. The Morgan fingerprint density at radius 1 is 1.19 bits per heavy atom. The molecule has 0 aromatic heterocycles. The highest BCUT2D eigenvalue weighted by Gasteiger charge is 2.19. The van der Waals surface area contributed by atoms with Gasteiger partial charge in [-0.25, -0.2) is 0 Å². The second kappa shape index (κ2) is 8.04. The van der Waals surface area contributed by atoms with Gasteiger partial charge in [0.25, 0.3) is 5.91 Å².